The molecular weight excluding hydrogens is 260 g/mol. The van der Waals surface area contributed by atoms with Crippen molar-refractivity contribution in [3.05, 3.63) is 0 Å². The summed E-state index contributed by atoms with van der Waals surface area (Å²) in [6.07, 6.45) is 3.09. The third kappa shape index (κ3) is 3.96. The van der Waals surface area contributed by atoms with Crippen LogP contribution < -0.4 is 0 Å². The van der Waals surface area contributed by atoms with Gasteiger partial charge in [-0.3, -0.25) is 14.5 Å². The summed E-state index contributed by atoms with van der Waals surface area (Å²) in [6, 6.07) is 0.549. The van der Waals surface area contributed by atoms with Gasteiger partial charge in [0.1, 0.15) is 0 Å². The largest absolute Gasteiger partial charge is 0.341 e. The lowest BCUT2D eigenvalue weighted by Crippen LogP contribution is -2.41. The van der Waals surface area contributed by atoms with Gasteiger partial charge in [-0.1, -0.05) is 18.7 Å². The number of likely N-dealkylation sites (tertiary alicyclic amines) is 2. The lowest BCUT2D eigenvalue weighted by Gasteiger charge is -2.27. The highest BCUT2D eigenvalue weighted by Crippen LogP contribution is 2.25. The smallest absolute Gasteiger partial charge is 0.223 e. The van der Waals surface area contributed by atoms with E-state index >= 15 is 0 Å². The van der Waals surface area contributed by atoms with Crippen LogP contribution in [0.2, 0.25) is 0 Å². The van der Waals surface area contributed by atoms with Gasteiger partial charge in [-0.05, 0) is 31.8 Å². The average molecular weight is 284 g/mol. The van der Waals surface area contributed by atoms with Crippen molar-refractivity contribution in [2.45, 2.75) is 39.2 Å². The molecule has 19 heavy (non-hydrogen) atoms. The minimum Gasteiger partial charge on any atom is -0.341 e. The van der Waals surface area contributed by atoms with E-state index in [1.165, 1.54) is 31.1 Å². The second kappa shape index (κ2) is 6.75. The first-order chi connectivity index (χ1) is 9.10. The molecule has 0 bridgehead atoms. The Bertz CT molecular complexity index is 348. The minimum atomic E-state index is 0.152. The molecule has 2 atom stereocenters. The Labute approximate surface area is 119 Å². The van der Waals surface area contributed by atoms with Crippen molar-refractivity contribution in [3.8, 4) is 0 Å². The molecule has 2 saturated heterocycles. The Hall–Kier alpha value is -0.550. The van der Waals surface area contributed by atoms with E-state index in [-0.39, 0.29) is 11.0 Å². The van der Waals surface area contributed by atoms with Crippen molar-refractivity contribution in [2.75, 3.05) is 31.9 Å². The zero-order chi connectivity index (χ0) is 13.8. The number of hydrogen-bond donors (Lipinski definition) is 0. The fraction of sp³-hybridized carbons (Fsp3) is 0.857. The molecule has 0 aromatic rings. The first-order valence-corrected chi connectivity index (χ1v) is 8.24. The second-order valence-corrected chi connectivity index (χ2v) is 6.79. The monoisotopic (exact) mass is 284 g/mol. The Morgan fingerprint density at radius 3 is 2.95 bits per heavy atom. The highest BCUT2D eigenvalue weighted by Gasteiger charge is 2.33. The SMILES string of the molecule is CCN1CCCC1CN1CC(CSC(C)=O)CC1=O. The van der Waals surface area contributed by atoms with Crippen molar-refractivity contribution >= 4 is 22.8 Å². The van der Waals surface area contributed by atoms with Crippen LogP contribution in [-0.4, -0.2) is 58.8 Å². The number of nitrogens with zero attached hydrogens (tertiary/aromatic N) is 2. The molecule has 1 amide bonds. The van der Waals surface area contributed by atoms with Gasteiger partial charge in [-0.15, -0.1) is 0 Å². The molecule has 2 rings (SSSR count). The molecule has 5 heteroatoms. The summed E-state index contributed by atoms with van der Waals surface area (Å²) < 4.78 is 0. The second-order valence-electron chi connectivity index (χ2n) is 5.60. The van der Waals surface area contributed by atoms with Gasteiger partial charge in [-0.25, -0.2) is 0 Å². The van der Waals surface area contributed by atoms with Crippen LogP contribution in [0.15, 0.2) is 0 Å². The summed E-state index contributed by atoms with van der Waals surface area (Å²) in [5.74, 6) is 1.43. The van der Waals surface area contributed by atoms with Gasteiger partial charge in [0.2, 0.25) is 5.91 Å². The molecule has 4 nitrogen and oxygen atoms in total. The third-order valence-corrected chi connectivity index (χ3v) is 5.20. The molecule has 0 saturated carbocycles. The van der Waals surface area contributed by atoms with Crippen LogP contribution in [0.25, 0.3) is 0 Å². The van der Waals surface area contributed by atoms with Crippen LogP contribution in [0.4, 0.5) is 0 Å². The van der Waals surface area contributed by atoms with Crippen LogP contribution in [0.5, 0.6) is 0 Å². The Balaban J connectivity index is 1.81. The van der Waals surface area contributed by atoms with Gasteiger partial charge in [0.25, 0.3) is 0 Å². The summed E-state index contributed by atoms with van der Waals surface area (Å²) in [7, 11) is 0. The summed E-state index contributed by atoms with van der Waals surface area (Å²) >= 11 is 1.35. The number of carbonyl (C=O) groups excluding carboxylic acids is 2. The molecule has 2 aliphatic heterocycles. The standard InChI is InChI=1S/C14H24N2O2S/c1-3-15-6-4-5-13(15)9-16-8-12(7-14(16)18)10-19-11(2)17/h12-13H,3-10H2,1-2H3. The van der Waals surface area contributed by atoms with Crippen molar-refractivity contribution in [3.63, 3.8) is 0 Å². The van der Waals surface area contributed by atoms with Crippen LogP contribution in [0, 0.1) is 5.92 Å². The van der Waals surface area contributed by atoms with Gasteiger partial charge in [-0.2, -0.15) is 0 Å². The molecule has 0 spiro atoms. The van der Waals surface area contributed by atoms with Crippen LogP contribution in [0.1, 0.15) is 33.1 Å². The summed E-state index contributed by atoms with van der Waals surface area (Å²) in [4.78, 5) is 27.5. The van der Waals surface area contributed by atoms with Gasteiger partial charge in [0.15, 0.2) is 5.12 Å². The van der Waals surface area contributed by atoms with E-state index in [9.17, 15) is 9.59 Å². The lowest BCUT2D eigenvalue weighted by molar-refractivity contribution is -0.128. The maximum Gasteiger partial charge on any atom is 0.223 e. The first kappa shape index (κ1) is 14.9. The van der Waals surface area contributed by atoms with E-state index in [0.717, 1.165) is 25.4 Å². The van der Waals surface area contributed by atoms with Gasteiger partial charge in [0.05, 0.1) is 0 Å². The Morgan fingerprint density at radius 1 is 1.47 bits per heavy atom. The molecule has 0 aliphatic carbocycles. The van der Waals surface area contributed by atoms with E-state index in [1.54, 1.807) is 6.92 Å². The maximum absolute atomic E-state index is 12.0. The molecule has 0 N–H and O–H groups in total. The van der Waals surface area contributed by atoms with Crippen LogP contribution in [-0.2, 0) is 9.59 Å². The zero-order valence-electron chi connectivity index (χ0n) is 11.9. The molecule has 2 unspecified atom stereocenters. The van der Waals surface area contributed by atoms with Crippen LogP contribution >= 0.6 is 11.8 Å². The average Bonchev–Trinajstić information content (AvgIpc) is 2.95. The molecule has 0 radical (unpaired) electrons. The molecule has 2 aliphatic rings. The fourth-order valence-electron chi connectivity index (χ4n) is 3.15. The van der Waals surface area contributed by atoms with E-state index in [2.05, 4.69) is 11.8 Å². The van der Waals surface area contributed by atoms with E-state index < -0.39 is 0 Å². The Morgan fingerprint density at radius 2 is 2.26 bits per heavy atom. The molecule has 2 heterocycles. The third-order valence-electron chi connectivity index (χ3n) is 4.15. The number of carbonyl (C=O) groups is 2. The molecule has 2 fully saturated rings. The van der Waals surface area contributed by atoms with Gasteiger partial charge < -0.3 is 4.90 Å². The van der Waals surface area contributed by atoms with E-state index in [1.807, 2.05) is 4.90 Å². The number of amides is 1. The minimum absolute atomic E-state index is 0.152. The lowest BCUT2D eigenvalue weighted by atomic mass is 10.1. The van der Waals surface area contributed by atoms with E-state index in [4.69, 9.17) is 0 Å². The number of rotatable bonds is 5. The fourth-order valence-corrected chi connectivity index (χ4v) is 3.84. The molecule has 0 aromatic carbocycles. The van der Waals surface area contributed by atoms with Crippen LogP contribution in [0.3, 0.4) is 0 Å². The van der Waals surface area contributed by atoms with Crippen molar-refractivity contribution in [1.29, 1.82) is 0 Å². The zero-order valence-corrected chi connectivity index (χ0v) is 12.7. The van der Waals surface area contributed by atoms with Gasteiger partial charge >= 0.3 is 0 Å². The predicted octanol–water partition coefficient (Wildman–Crippen LogP) is 1.60. The predicted molar refractivity (Wildman–Crippen MR) is 78.1 cm³/mol. The summed E-state index contributed by atoms with van der Waals surface area (Å²) in [5, 5.41) is 0.152. The number of hydrogen-bond acceptors (Lipinski definition) is 4. The highest BCUT2D eigenvalue weighted by atomic mass is 32.2. The van der Waals surface area contributed by atoms with Crippen molar-refractivity contribution in [2.24, 2.45) is 5.92 Å². The summed E-state index contributed by atoms with van der Waals surface area (Å²) in [5.41, 5.74) is 0. The van der Waals surface area contributed by atoms with Gasteiger partial charge in [0, 0.05) is 38.2 Å². The van der Waals surface area contributed by atoms with E-state index in [0.29, 0.717) is 18.4 Å². The normalized spacial score (nSPS) is 28.3. The first-order valence-electron chi connectivity index (χ1n) is 7.25. The highest BCUT2D eigenvalue weighted by molar-refractivity contribution is 8.13. The topological polar surface area (TPSA) is 40.6 Å². The maximum atomic E-state index is 12.0. The Kier molecular flexibility index (Phi) is 5.28. The molecular formula is C14H24N2O2S. The molecule has 0 aromatic heterocycles. The summed E-state index contributed by atoms with van der Waals surface area (Å²) in [6.45, 7) is 7.76. The molecule has 108 valence electrons. The number of thioether (sulfide) groups is 1. The quantitative estimate of drug-likeness (QED) is 0.769. The van der Waals surface area contributed by atoms with Crippen molar-refractivity contribution < 1.29 is 9.59 Å². The van der Waals surface area contributed by atoms with Crippen molar-refractivity contribution in [1.82, 2.24) is 9.80 Å². The number of likely N-dealkylation sites (N-methyl/N-ethyl adjacent to an activating group) is 1.